The molecule has 0 aromatic carbocycles. The fourth-order valence-electron chi connectivity index (χ4n) is 3.02. The Kier molecular flexibility index (Phi) is 3.60. The smallest absolute Gasteiger partial charge is 0.0215 e. The van der Waals surface area contributed by atoms with E-state index >= 15 is 0 Å². The monoisotopic (exact) mass is 224 g/mol. The van der Waals surface area contributed by atoms with Crippen LogP contribution in [-0.2, 0) is 0 Å². The second kappa shape index (κ2) is 4.66. The molecule has 2 fully saturated rings. The van der Waals surface area contributed by atoms with Gasteiger partial charge >= 0.3 is 0 Å². The minimum Gasteiger partial charge on any atom is -0.307 e. The first-order valence-electron chi connectivity index (χ1n) is 7.11. The Morgan fingerprint density at radius 2 is 1.88 bits per heavy atom. The lowest BCUT2D eigenvalue weighted by atomic mass is 9.94. The highest BCUT2D eigenvalue weighted by Crippen LogP contribution is 2.34. The van der Waals surface area contributed by atoms with E-state index in [9.17, 15) is 0 Å². The molecule has 2 aliphatic rings. The zero-order chi connectivity index (χ0) is 11.8. The average molecular weight is 224 g/mol. The maximum Gasteiger partial charge on any atom is 0.0215 e. The molecule has 0 spiro atoms. The molecule has 2 nitrogen and oxygen atoms in total. The van der Waals surface area contributed by atoms with Crippen molar-refractivity contribution < 1.29 is 0 Å². The quantitative estimate of drug-likeness (QED) is 0.772. The minimum absolute atomic E-state index is 0.351. The van der Waals surface area contributed by atoms with E-state index in [0.717, 1.165) is 18.1 Å². The Morgan fingerprint density at radius 1 is 1.25 bits per heavy atom. The van der Waals surface area contributed by atoms with Gasteiger partial charge in [0.15, 0.2) is 0 Å². The van der Waals surface area contributed by atoms with E-state index < -0.39 is 0 Å². The molecular formula is C14H28N2. The molecule has 2 rings (SSSR count). The molecule has 2 atom stereocenters. The van der Waals surface area contributed by atoms with Crippen molar-refractivity contribution in [3.8, 4) is 0 Å². The van der Waals surface area contributed by atoms with Crippen LogP contribution in [-0.4, -0.2) is 35.1 Å². The van der Waals surface area contributed by atoms with Gasteiger partial charge in [-0.15, -0.1) is 0 Å². The van der Waals surface area contributed by atoms with E-state index in [-0.39, 0.29) is 0 Å². The average Bonchev–Trinajstić information content (AvgIpc) is 3.04. The van der Waals surface area contributed by atoms with Crippen LogP contribution >= 0.6 is 0 Å². The first-order valence-corrected chi connectivity index (χ1v) is 7.11. The van der Waals surface area contributed by atoms with Crippen molar-refractivity contribution in [1.29, 1.82) is 0 Å². The molecular weight excluding hydrogens is 196 g/mol. The maximum atomic E-state index is 3.89. The minimum atomic E-state index is 0.351. The van der Waals surface area contributed by atoms with E-state index in [4.69, 9.17) is 0 Å². The first kappa shape index (κ1) is 12.4. The van der Waals surface area contributed by atoms with E-state index in [1.807, 2.05) is 0 Å². The van der Waals surface area contributed by atoms with Gasteiger partial charge in [-0.25, -0.2) is 0 Å². The molecule has 1 N–H and O–H groups in total. The number of hydrogen-bond donors (Lipinski definition) is 1. The number of likely N-dealkylation sites (tertiary alicyclic amines) is 1. The largest absolute Gasteiger partial charge is 0.307 e. The van der Waals surface area contributed by atoms with Crippen LogP contribution in [0.5, 0.6) is 0 Å². The molecule has 1 heterocycles. The standard InChI is InChI=1S/C14H28N2/c1-5-14(4,6-2)15-12-9-11(3)16(10-12)13-7-8-13/h11-13,15H,5-10H2,1-4H3. The van der Waals surface area contributed by atoms with Gasteiger partial charge in [-0.2, -0.15) is 0 Å². The fraction of sp³-hybridized carbons (Fsp3) is 1.00. The summed E-state index contributed by atoms with van der Waals surface area (Å²) in [4.78, 5) is 2.73. The van der Waals surface area contributed by atoms with Crippen molar-refractivity contribution in [3.63, 3.8) is 0 Å². The molecule has 0 radical (unpaired) electrons. The summed E-state index contributed by atoms with van der Waals surface area (Å²) in [6.45, 7) is 10.6. The Balaban J connectivity index is 1.87. The maximum absolute atomic E-state index is 3.89. The third-order valence-corrected chi connectivity index (χ3v) is 4.75. The van der Waals surface area contributed by atoms with E-state index in [1.54, 1.807) is 0 Å². The van der Waals surface area contributed by atoms with Crippen LogP contribution in [0.2, 0.25) is 0 Å². The molecule has 1 saturated heterocycles. The van der Waals surface area contributed by atoms with Gasteiger partial charge in [-0.3, -0.25) is 4.90 Å². The SMILES string of the molecule is CCC(C)(CC)NC1CC(C)N(C2CC2)C1. The highest BCUT2D eigenvalue weighted by Gasteiger charge is 2.39. The molecule has 16 heavy (non-hydrogen) atoms. The lowest BCUT2D eigenvalue weighted by molar-refractivity contribution is 0.244. The summed E-state index contributed by atoms with van der Waals surface area (Å²) >= 11 is 0. The van der Waals surface area contributed by atoms with Gasteiger partial charge < -0.3 is 5.32 Å². The zero-order valence-electron chi connectivity index (χ0n) is 11.4. The molecule has 0 aromatic rings. The van der Waals surface area contributed by atoms with E-state index in [1.165, 1.54) is 38.6 Å². The van der Waals surface area contributed by atoms with Crippen LogP contribution < -0.4 is 5.32 Å². The van der Waals surface area contributed by atoms with Crippen molar-refractivity contribution in [2.24, 2.45) is 0 Å². The predicted octanol–water partition coefficient (Wildman–Crippen LogP) is 2.78. The van der Waals surface area contributed by atoms with Gasteiger partial charge in [0.25, 0.3) is 0 Å². The van der Waals surface area contributed by atoms with Gasteiger partial charge in [0.2, 0.25) is 0 Å². The highest BCUT2D eigenvalue weighted by molar-refractivity contribution is 4.98. The van der Waals surface area contributed by atoms with Gasteiger partial charge in [0, 0.05) is 30.2 Å². The number of hydrogen-bond acceptors (Lipinski definition) is 2. The third-order valence-electron chi connectivity index (χ3n) is 4.75. The molecule has 1 saturated carbocycles. The summed E-state index contributed by atoms with van der Waals surface area (Å²) in [7, 11) is 0. The summed E-state index contributed by atoms with van der Waals surface area (Å²) in [5.41, 5.74) is 0.351. The molecule has 0 bridgehead atoms. The lowest BCUT2D eigenvalue weighted by Gasteiger charge is -2.32. The molecule has 0 aromatic heterocycles. The number of rotatable bonds is 5. The van der Waals surface area contributed by atoms with E-state index in [0.29, 0.717) is 5.54 Å². The second-order valence-electron chi connectivity index (χ2n) is 6.12. The highest BCUT2D eigenvalue weighted by atomic mass is 15.3. The summed E-state index contributed by atoms with van der Waals surface area (Å²) < 4.78 is 0. The fourth-order valence-corrected chi connectivity index (χ4v) is 3.02. The summed E-state index contributed by atoms with van der Waals surface area (Å²) in [6.07, 6.45) is 6.69. The third kappa shape index (κ3) is 2.60. The van der Waals surface area contributed by atoms with Crippen LogP contribution in [0, 0.1) is 0 Å². The molecule has 2 heteroatoms. The van der Waals surface area contributed by atoms with Crippen molar-refractivity contribution in [2.45, 2.75) is 83.5 Å². The van der Waals surface area contributed by atoms with Gasteiger partial charge in [-0.1, -0.05) is 13.8 Å². The topological polar surface area (TPSA) is 15.3 Å². The van der Waals surface area contributed by atoms with Crippen molar-refractivity contribution in [2.75, 3.05) is 6.54 Å². The first-order chi connectivity index (χ1) is 7.58. The van der Waals surface area contributed by atoms with E-state index in [2.05, 4.69) is 37.9 Å². The second-order valence-corrected chi connectivity index (χ2v) is 6.12. The predicted molar refractivity (Wildman–Crippen MR) is 69.7 cm³/mol. The lowest BCUT2D eigenvalue weighted by Crippen LogP contribution is -2.48. The molecule has 1 aliphatic heterocycles. The van der Waals surface area contributed by atoms with Crippen LogP contribution in [0.15, 0.2) is 0 Å². The van der Waals surface area contributed by atoms with Gasteiger partial charge in [0.05, 0.1) is 0 Å². The summed E-state index contributed by atoms with van der Waals surface area (Å²) in [5, 5.41) is 3.89. The van der Waals surface area contributed by atoms with Crippen molar-refractivity contribution in [3.05, 3.63) is 0 Å². The molecule has 94 valence electrons. The van der Waals surface area contributed by atoms with Crippen LogP contribution in [0.1, 0.15) is 59.8 Å². The molecule has 0 amide bonds. The van der Waals surface area contributed by atoms with Crippen molar-refractivity contribution in [1.82, 2.24) is 10.2 Å². The summed E-state index contributed by atoms with van der Waals surface area (Å²) in [6, 6.07) is 2.44. The molecule has 1 aliphatic carbocycles. The normalized spacial score (nSPS) is 32.2. The zero-order valence-corrected chi connectivity index (χ0v) is 11.4. The van der Waals surface area contributed by atoms with Crippen LogP contribution in [0.25, 0.3) is 0 Å². The number of nitrogens with one attached hydrogen (secondary N) is 1. The Bertz CT molecular complexity index is 231. The van der Waals surface area contributed by atoms with Crippen LogP contribution in [0.3, 0.4) is 0 Å². The summed E-state index contributed by atoms with van der Waals surface area (Å²) in [5.74, 6) is 0. The van der Waals surface area contributed by atoms with Crippen LogP contribution in [0.4, 0.5) is 0 Å². The Hall–Kier alpha value is -0.0800. The Labute approximate surface area is 101 Å². The van der Waals surface area contributed by atoms with Gasteiger partial charge in [0.1, 0.15) is 0 Å². The van der Waals surface area contributed by atoms with Gasteiger partial charge in [-0.05, 0) is 46.0 Å². The molecule has 2 unspecified atom stereocenters. The Morgan fingerprint density at radius 3 is 2.38 bits per heavy atom. The van der Waals surface area contributed by atoms with Crippen molar-refractivity contribution >= 4 is 0 Å². The number of nitrogens with zero attached hydrogens (tertiary/aromatic N) is 1.